The van der Waals surface area contributed by atoms with E-state index >= 15 is 0 Å². The van der Waals surface area contributed by atoms with Crippen LogP contribution in [0.25, 0.3) is 0 Å². The number of carbonyl (C=O) groups is 1. The average Bonchev–Trinajstić information content (AvgIpc) is 2.58. The van der Waals surface area contributed by atoms with Crippen LogP contribution in [0, 0.1) is 17.1 Å². The molecule has 2 N–H and O–H groups in total. The number of halogens is 2. The molecule has 1 amide bonds. The zero-order valence-corrected chi connectivity index (χ0v) is 14.3. The van der Waals surface area contributed by atoms with E-state index in [9.17, 15) is 9.18 Å². The van der Waals surface area contributed by atoms with E-state index < -0.39 is 5.82 Å². The van der Waals surface area contributed by atoms with Gasteiger partial charge in [0.2, 0.25) is 5.91 Å². The lowest BCUT2D eigenvalue weighted by molar-refractivity contribution is -0.118. The third kappa shape index (κ3) is 5.15. The summed E-state index contributed by atoms with van der Waals surface area (Å²) in [5.74, 6) is -0.434. The molecule has 0 aliphatic heterocycles. The number of anilines is 1. The van der Waals surface area contributed by atoms with Crippen LogP contribution in [-0.2, 0) is 4.79 Å². The molecule has 0 aliphatic carbocycles. The van der Waals surface area contributed by atoms with Crippen LogP contribution >= 0.6 is 23.4 Å². The maximum Gasteiger partial charge on any atom is 0.230 e. The first-order chi connectivity index (χ1) is 11.6. The molecule has 0 saturated carbocycles. The first-order valence-electron chi connectivity index (χ1n) is 7.18. The molecule has 0 atom stereocenters. The summed E-state index contributed by atoms with van der Waals surface area (Å²) in [4.78, 5) is 12.7. The molecular weight excluding hydrogens is 349 g/mol. The number of carbonyl (C=O) groups excluding carboxylic acids is 1. The topological polar surface area (TPSA) is 64.9 Å². The number of amides is 1. The zero-order chi connectivity index (χ0) is 17.4. The number of hydrogen-bond donors (Lipinski definition) is 2. The van der Waals surface area contributed by atoms with Gasteiger partial charge in [-0.3, -0.25) is 4.79 Å². The van der Waals surface area contributed by atoms with Gasteiger partial charge in [0.05, 0.1) is 16.5 Å². The Labute approximate surface area is 149 Å². The summed E-state index contributed by atoms with van der Waals surface area (Å²) in [7, 11) is 0. The quantitative estimate of drug-likeness (QED) is 0.582. The third-order valence-electron chi connectivity index (χ3n) is 3.08. The Morgan fingerprint density at radius 3 is 2.75 bits per heavy atom. The lowest BCUT2D eigenvalue weighted by Gasteiger charge is -2.10. The Morgan fingerprint density at radius 1 is 1.21 bits per heavy atom. The van der Waals surface area contributed by atoms with Gasteiger partial charge in [-0.2, -0.15) is 5.26 Å². The van der Waals surface area contributed by atoms with Crippen molar-refractivity contribution >= 4 is 35.0 Å². The van der Waals surface area contributed by atoms with E-state index in [2.05, 4.69) is 10.6 Å². The molecule has 24 heavy (non-hydrogen) atoms. The van der Waals surface area contributed by atoms with Gasteiger partial charge in [-0.25, -0.2) is 4.39 Å². The van der Waals surface area contributed by atoms with E-state index in [1.54, 1.807) is 12.1 Å². The van der Waals surface area contributed by atoms with E-state index in [4.69, 9.17) is 16.9 Å². The van der Waals surface area contributed by atoms with Gasteiger partial charge in [-0.05, 0) is 24.3 Å². The predicted octanol–water partition coefficient (Wildman–Crippen LogP) is 3.67. The molecule has 7 heteroatoms. The SMILES string of the molecule is N#Cc1c(F)cccc1NCCNC(=O)CSc1ccccc1Cl. The molecule has 124 valence electrons. The van der Waals surface area contributed by atoms with E-state index in [1.165, 1.54) is 23.9 Å². The molecule has 0 unspecified atom stereocenters. The van der Waals surface area contributed by atoms with E-state index in [-0.39, 0.29) is 17.2 Å². The Morgan fingerprint density at radius 2 is 2.00 bits per heavy atom. The van der Waals surface area contributed by atoms with E-state index in [0.29, 0.717) is 23.8 Å². The van der Waals surface area contributed by atoms with Crippen LogP contribution in [0.3, 0.4) is 0 Å². The van der Waals surface area contributed by atoms with Gasteiger partial charge in [0.25, 0.3) is 0 Å². The van der Waals surface area contributed by atoms with Gasteiger partial charge in [-0.15, -0.1) is 11.8 Å². The highest BCUT2D eigenvalue weighted by Gasteiger charge is 2.08. The summed E-state index contributed by atoms with van der Waals surface area (Å²) < 4.78 is 13.4. The first kappa shape index (κ1) is 18.1. The third-order valence-corrected chi connectivity index (χ3v) is 4.60. The lowest BCUT2D eigenvalue weighted by atomic mass is 10.2. The summed E-state index contributed by atoms with van der Waals surface area (Å²) in [6, 6.07) is 13.5. The summed E-state index contributed by atoms with van der Waals surface area (Å²) in [6.45, 7) is 0.754. The highest BCUT2D eigenvalue weighted by molar-refractivity contribution is 8.00. The Kier molecular flexibility index (Phi) is 6.91. The van der Waals surface area contributed by atoms with Crippen molar-refractivity contribution in [1.29, 1.82) is 5.26 Å². The Hall–Kier alpha value is -2.23. The fourth-order valence-electron chi connectivity index (χ4n) is 1.94. The summed E-state index contributed by atoms with van der Waals surface area (Å²) in [5, 5.41) is 15.2. The standard InChI is InChI=1S/C17H15ClFN3OS/c18-13-4-1-2-7-16(13)24-11-17(23)22-9-8-21-15-6-3-5-14(19)12(15)10-20/h1-7,21H,8-9,11H2,(H,22,23). The molecule has 4 nitrogen and oxygen atoms in total. The van der Waals surface area contributed by atoms with Crippen molar-refractivity contribution in [2.75, 3.05) is 24.2 Å². The second kappa shape index (κ2) is 9.16. The number of thioether (sulfide) groups is 1. The molecule has 0 aromatic heterocycles. The minimum Gasteiger partial charge on any atom is -0.382 e. The van der Waals surface area contributed by atoms with Crippen molar-refractivity contribution in [3.8, 4) is 6.07 Å². The molecule has 0 aliphatic rings. The van der Waals surface area contributed by atoms with Crippen LogP contribution in [0.5, 0.6) is 0 Å². The van der Waals surface area contributed by atoms with Crippen molar-refractivity contribution in [2.24, 2.45) is 0 Å². The van der Waals surface area contributed by atoms with Crippen LogP contribution < -0.4 is 10.6 Å². The fourth-order valence-corrected chi connectivity index (χ4v) is 3.01. The monoisotopic (exact) mass is 363 g/mol. The van der Waals surface area contributed by atoms with Crippen molar-refractivity contribution < 1.29 is 9.18 Å². The highest BCUT2D eigenvalue weighted by Crippen LogP contribution is 2.26. The molecule has 2 rings (SSSR count). The average molecular weight is 364 g/mol. The Balaban J connectivity index is 1.73. The zero-order valence-electron chi connectivity index (χ0n) is 12.7. The Bertz CT molecular complexity index is 764. The van der Waals surface area contributed by atoms with Gasteiger partial charge in [0.1, 0.15) is 17.4 Å². The predicted molar refractivity (Wildman–Crippen MR) is 94.8 cm³/mol. The fraction of sp³-hybridized carbons (Fsp3) is 0.176. The van der Waals surface area contributed by atoms with Gasteiger partial charge in [0.15, 0.2) is 0 Å². The lowest BCUT2D eigenvalue weighted by Crippen LogP contribution is -2.30. The molecule has 0 saturated heterocycles. The maximum atomic E-state index is 13.4. The number of nitriles is 1. The van der Waals surface area contributed by atoms with Gasteiger partial charge >= 0.3 is 0 Å². The second-order valence-electron chi connectivity index (χ2n) is 4.77. The maximum absolute atomic E-state index is 13.4. The van der Waals surface area contributed by atoms with Crippen molar-refractivity contribution in [3.05, 3.63) is 58.9 Å². The summed E-state index contributed by atoms with van der Waals surface area (Å²) in [5.41, 5.74) is 0.385. The smallest absolute Gasteiger partial charge is 0.230 e. The van der Waals surface area contributed by atoms with Crippen molar-refractivity contribution in [2.45, 2.75) is 4.90 Å². The van der Waals surface area contributed by atoms with Crippen molar-refractivity contribution in [1.82, 2.24) is 5.32 Å². The first-order valence-corrected chi connectivity index (χ1v) is 8.54. The molecule has 0 heterocycles. The van der Waals surface area contributed by atoms with Crippen LogP contribution in [0.15, 0.2) is 47.4 Å². The normalized spacial score (nSPS) is 10.0. The molecule has 2 aromatic carbocycles. The number of rotatable bonds is 7. The van der Waals surface area contributed by atoms with E-state index in [1.807, 2.05) is 24.3 Å². The number of nitrogens with zero attached hydrogens (tertiary/aromatic N) is 1. The summed E-state index contributed by atoms with van der Waals surface area (Å²) in [6.07, 6.45) is 0. The summed E-state index contributed by atoms with van der Waals surface area (Å²) >= 11 is 7.38. The number of benzene rings is 2. The number of hydrogen-bond acceptors (Lipinski definition) is 4. The van der Waals surface area contributed by atoms with Gasteiger partial charge < -0.3 is 10.6 Å². The van der Waals surface area contributed by atoms with Crippen LogP contribution in [0.4, 0.5) is 10.1 Å². The minimum atomic E-state index is -0.567. The molecule has 0 bridgehead atoms. The minimum absolute atomic E-state index is 0.0295. The molecular formula is C17H15ClFN3OS. The molecule has 0 radical (unpaired) electrons. The van der Waals surface area contributed by atoms with Crippen LogP contribution in [-0.4, -0.2) is 24.7 Å². The van der Waals surface area contributed by atoms with E-state index in [0.717, 1.165) is 4.90 Å². The van der Waals surface area contributed by atoms with Gasteiger partial charge in [-0.1, -0.05) is 29.8 Å². The molecule has 0 fully saturated rings. The van der Waals surface area contributed by atoms with Crippen LogP contribution in [0.2, 0.25) is 5.02 Å². The highest BCUT2D eigenvalue weighted by atomic mass is 35.5. The van der Waals surface area contributed by atoms with Crippen LogP contribution in [0.1, 0.15) is 5.56 Å². The van der Waals surface area contributed by atoms with Crippen molar-refractivity contribution in [3.63, 3.8) is 0 Å². The molecule has 0 spiro atoms. The van der Waals surface area contributed by atoms with Gasteiger partial charge in [0, 0.05) is 18.0 Å². The number of nitrogens with one attached hydrogen (secondary N) is 2. The molecule has 2 aromatic rings. The largest absolute Gasteiger partial charge is 0.382 e. The second-order valence-corrected chi connectivity index (χ2v) is 6.19.